The molecule has 126 valence electrons. The number of thiocarbonyl (C=S) groups is 1. The van der Waals surface area contributed by atoms with Gasteiger partial charge in [-0.05, 0) is 23.8 Å². The lowest BCUT2D eigenvalue weighted by Gasteiger charge is -2.05. The number of rotatable bonds is 5. The van der Waals surface area contributed by atoms with Crippen molar-refractivity contribution in [3.63, 3.8) is 0 Å². The molecule has 0 spiro atoms. The second-order valence-electron chi connectivity index (χ2n) is 5.78. The number of anilines is 1. The third-order valence-corrected chi connectivity index (χ3v) is 4.35. The number of benzene rings is 2. The van der Waals surface area contributed by atoms with E-state index in [1.807, 2.05) is 53.2 Å². The normalized spacial score (nSPS) is 11.6. The highest BCUT2D eigenvalue weighted by Gasteiger charge is 2.12. The van der Waals surface area contributed by atoms with Crippen molar-refractivity contribution < 1.29 is 0 Å². The predicted molar refractivity (Wildman–Crippen MR) is 109 cm³/mol. The highest BCUT2D eigenvalue weighted by Crippen LogP contribution is 2.32. The van der Waals surface area contributed by atoms with Crippen LogP contribution in [0.15, 0.2) is 60.4 Å². The van der Waals surface area contributed by atoms with E-state index in [1.54, 1.807) is 0 Å². The summed E-state index contributed by atoms with van der Waals surface area (Å²) in [6, 6.07) is 13.6. The lowest BCUT2D eigenvalue weighted by Crippen LogP contribution is -2.08. The van der Waals surface area contributed by atoms with Crippen molar-refractivity contribution in [1.29, 1.82) is 5.41 Å². The van der Waals surface area contributed by atoms with Crippen molar-refractivity contribution in [3.8, 4) is 11.1 Å². The average molecular weight is 349 g/mol. The molecule has 0 bridgehead atoms. The van der Waals surface area contributed by atoms with Gasteiger partial charge in [0.05, 0.1) is 12.1 Å². The summed E-state index contributed by atoms with van der Waals surface area (Å²) >= 11 is 5.09. The zero-order valence-electron chi connectivity index (χ0n) is 13.6. The molecule has 3 rings (SSSR count). The molecular formula is C19H19N5S. The van der Waals surface area contributed by atoms with Crippen LogP contribution < -0.4 is 17.2 Å². The van der Waals surface area contributed by atoms with Gasteiger partial charge >= 0.3 is 0 Å². The van der Waals surface area contributed by atoms with E-state index in [1.165, 1.54) is 12.4 Å². The van der Waals surface area contributed by atoms with Crippen LogP contribution in [0.2, 0.25) is 0 Å². The molecule has 0 saturated carbocycles. The summed E-state index contributed by atoms with van der Waals surface area (Å²) in [6.45, 7) is 0.495. The topological polar surface area (TPSA) is 107 Å². The number of fused-ring (bicyclic) bond motifs is 1. The summed E-state index contributed by atoms with van der Waals surface area (Å²) in [5, 5.41) is 8.53. The molecule has 0 radical (unpaired) electrons. The molecule has 0 fully saturated rings. The smallest absolute Gasteiger partial charge is 0.104 e. The number of nitrogen functional groups attached to an aromatic ring is 1. The molecule has 0 aliphatic rings. The van der Waals surface area contributed by atoms with E-state index in [0.717, 1.165) is 27.6 Å². The van der Waals surface area contributed by atoms with E-state index < -0.39 is 0 Å². The van der Waals surface area contributed by atoms with Crippen molar-refractivity contribution in [2.45, 2.75) is 6.54 Å². The Kier molecular flexibility index (Phi) is 4.54. The molecule has 0 atom stereocenters. The van der Waals surface area contributed by atoms with E-state index in [0.29, 0.717) is 22.8 Å². The fourth-order valence-electron chi connectivity index (χ4n) is 2.85. The molecule has 0 aliphatic carbocycles. The molecule has 3 aromatic rings. The lowest BCUT2D eigenvalue weighted by atomic mass is 10.0. The third-order valence-electron chi connectivity index (χ3n) is 4.12. The Hall–Kier alpha value is -3.12. The first-order valence-corrected chi connectivity index (χ1v) is 8.14. The van der Waals surface area contributed by atoms with Gasteiger partial charge < -0.3 is 27.2 Å². The van der Waals surface area contributed by atoms with Crippen LogP contribution in [0.1, 0.15) is 5.56 Å². The number of hydrogen-bond acceptors (Lipinski definition) is 4. The number of aromatic nitrogens is 1. The zero-order valence-corrected chi connectivity index (χ0v) is 14.4. The van der Waals surface area contributed by atoms with Crippen molar-refractivity contribution in [1.82, 2.24) is 4.57 Å². The Balaban J connectivity index is 2.21. The monoisotopic (exact) mass is 349 g/mol. The molecule has 0 unspecified atom stereocenters. The summed E-state index contributed by atoms with van der Waals surface area (Å²) in [5.41, 5.74) is 22.6. The van der Waals surface area contributed by atoms with Crippen LogP contribution in [0, 0.1) is 5.41 Å². The molecule has 1 aromatic heterocycles. The van der Waals surface area contributed by atoms with Crippen LogP contribution in [0.5, 0.6) is 0 Å². The summed E-state index contributed by atoms with van der Waals surface area (Å²) in [7, 11) is 0. The highest BCUT2D eigenvalue weighted by atomic mass is 32.1. The quantitative estimate of drug-likeness (QED) is 0.323. The predicted octanol–water partition coefficient (Wildman–Crippen LogP) is 3.02. The Morgan fingerprint density at radius 2 is 2.00 bits per heavy atom. The van der Waals surface area contributed by atoms with Gasteiger partial charge in [-0.15, -0.1) is 0 Å². The minimum absolute atomic E-state index is 0.368. The molecule has 6 heteroatoms. The lowest BCUT2D eigenvalue weighted by molar-refractivity contribution is 0.844. The van der Waals surface area contributed by atoms with Gasteiger partial charge in [0.1, 0.15) is 4.99 Å². The van der Waals surface area contributed by atoms with Crippen molar-refractivity contribution in [3.05, 3.63) is 66.0 Å². The van der Waals surface area contributed by atoms with E-state index in [4.69, 9.17) is 34.8 Å². The van der Waals surface area contributed by atoms with Crippen LogP contribution in [-0.2, 0) is 6.54 Å². The minimum atomic E-state index is 0.368. The Morgan fingerprint density at radius 3 is 2.68 bits per heavy atom. The van der Waals surface area contributed by atoms with Crippen LogP contribution >= 0.6 is 12.2 Å². The second-order valence-corrected chi connectivity index (χ2v) is 6.22. The number of nitrogens with zero attached hydrogens (tertiary/aromatic N) is 1. The van der Waals surface area contributed by atoms with Gasteiger partial charge in [0.15, 0.2) is 0 Å². The van der Waals surface area contributed by atoms with Crippen molar-refractivity contribution in [2.24, 2.45) is 11.5 Å². The van der Waals surface area contributed by atoms with Crippen LogP contribution in [-0.4, -0.2) is 15.8 Å². The molecule has 0 amide bonds. The number of allylic oxidation sites excluding steroid dienone is 1. The van der Waals surface area contributed by atoms with Crippen molar-refractivity contribution >= 4 is 40.0 Å². The highest BCUT2D eigenvalue weighted by molar-refractivity contribution is 7.80. The molecule has 0 aliphatic heterocycles. The maximum absolute atomic E-state index is 7.47. The second kappa shape index (κ2) is 6.78. The van der Waals surface area contributed by atoms with Gasteiger partial charge in [-0.2, -0.15) is 0 Å². The van der Waals surface area contributed by atoms with Crippen LogP contribution in [0.3, 0.4) is 0 Å². The first-order chi connectivity index (χ1) is 12.0. The van der Waals surface area contributed by atoms with Crippen LogP contribution in [0.25, 0.3) is 22.0 Å². The third kappa shape index (κ3) is 3.25. The molecule has 2 aromatic carbocycles. The maximum atomic E-state index is 7.47. The average Bonchev–Trinajstić information content (AvgIpc) is 2.97. The number of nitrogens with two attached hydrogens (primary N) is 3. The van der Waals surface area contributed by atoms with Gasteiger partial charge in [-0.1, -0.05) is 36.5 Å². The molecular weight excluding hydrogens is 330 g/mol. The Bertz CT molecular complexity index is 1000. The van der Waals surface area contributed by atoms with Gasteiger partial charge in [0, 0.05) is 46.4 Å². The standard InChI is InChI=1S/C19H19N5S/c20-8-12(9-21)10-24-11-17(16-5-4-15(22)7-18(16)24)13-2-1-3-14(6-13)19(23)25/h1-9,11,20H,10,21-22H2,(H2,23,25). The summed E-state index contributed by atoms with van der Waals surface area (Å²) < 4.78 is 2.04. The summed E-state index contributed by atoms with van der Waals surface area (Å²) in [4.78, 5) is 0.368. The zero-order chi connectivity index (χ0) is 18.0. The molecule has 0 saturated heterocycles. The summed E-state index contributed by atoms with van der Waals surface area (Å²) in [6.07, 6.45) is 4.74. The fourth-order valence-corrected chi connectivity index (χ4v) is 2.98. The van der Waals surface area contributed by atoms with E-state index in [2.05, 4.69) is 0 Å². The van der Waals surface area contributed by atoms with E-state index >= 15 is 0 Å². The summed E-state index contributed by atoms with van der Waals surface area (Å²) in [5.74, 6) is 0. The molecule has 25 heavy (non-hydrogen) atoms. The largest absolute Gasteiger partial charge is 0.404 e. The van der Waals surface area contributed by atoms with E-state index in [-0.39, 0.29) is 0 Å². The molecule has 1 heterocycles. The number of hydrogen-bond donors (Lipinski definition) is 4. The fraction of sp³-hybridized carbons (Fsp3) is 0.0526. The first-order valence-electron chi connectivity index (χ1n) is 7.73. The maximum Gasteiger partial charge on any atom is 0.104 e. The SMILES string of the molecule is N=CC(=CN)Cn1cc(-c2cccc(C(N)=S)c2)c2ccc(N)cc21. The van der Waals surface area contributed by atoms with Crippen LogP contribution in [0.4, 0.5) is 5.69 Å². The van der Waals surface area contributed by atoms with Gasteiger partial charge in [-0.3, -0.25) is 0 Å². The van der Waals surface area contributed by atoms with Gasteiger partial charge in [0.2, 0.25) is 0 Å². The van der Waals surface area contributed by atoms with Gasteiger partial charge in [0.25, 0.3) is 0 Å². The number of nitrogens with one attached hydrogen (secondary N) is 1. The molecule has 5 nitrogen and oxygen atoms in total. The molecule has 7 N–H and O–H groups in total. The Labute approximate surface area is 151 Å². The Morgan fingerprint density at radius 1 is 1.20 bits per heavy atom. The van der Waals surface area contributed by atoms with E-state index in [9.17, 15) is 0 Å². The van der Waals surface area contributed by atoms with Gasteiger partial charge in [-0.25, -0.2) is 0 Å². The van der Waals surface area contributed by atoms with Crippen molar-refractivity contribution in [2.75, 3.05) is 5.73 Å². The first kappa shape index (κ1) is 16.7. The minimum Gasteiger partial charge on any atom is -0.404 e.